The zero-order valence-corrected chi connectivity index (χ0v) is 14.4. The van der Waals surface area contributed by atoms with Crippen molar-refractivity contribution in [3.63, 3.8) is 0 Å². The third-order valence-electron chi connectivity index (χ3n) is 3.40. The normalized spacial score (nSPS) is 10.2. The Morgan fingerprint density at radius 2 is 1.16 bits per heavy atom. The molecular weight excluding hydrogens is 318 g/mol. The van der Waals surface area contributed by atoms with Gasteiger partial charge in [-0.05, 0) is 48.5 Å². The van der Waals surface area contributed by atoms with E-state index in [9.17, 15) is 14.4 Å². The van der Waals surface area contributed by atoms with E-state index in [1.807, 2.05) is 13.8 Å². The van der Waals surface area contributed by atoms with Crippen LogP contribution >= 0.6 is 0 Å². The minimum Gasteiger partial charge on any atom is -0.326 e. The molecule has 3 amide bonds. The van der Waals surface area contributed by atoms with Crippen LogP contribution < -0.4 is 16.0 Å². The fraction of sp³-hybridized carbons (Fsp3) is 0.211. The van der Waals surface area contributed by atoms with Crippen molar-refractivity contribution in [2.75, 3.05) is 16.0 Å². The monoisotopic (exact) mass is 339 g/mol. The molecule has 2 rings (SSSR count). The van der Waals surface area contributed by atoms with Crippen molar-refractivity contribution in [1.29, 1.82) is 0 Å². The Balaban J connectivity index is 1.98. The minimum absolute atomic E-state index is 0.0727. The van der Waals surface area contributed by atoms with Crippen LogP contribution in [0.2, 0.25) is 0 Å². The molecule has 0 atom stereocenters. The second-order valence-electron chi connectivity index (χ2n) is 5.93. The van der Waals surface area contributed by atoms with Gasteiger partial charge in [-0.15, -0.1) is 0 Å². The van der Waals surface area contributed by atoms with Crippen molar-refractivity contribution >= 4 is 34.8 Å². The van der Waals surface area contributed by atoms with Crippen LogP contribution in [0.3, 0.4) is 0 Å². The first-order chi connectivity index (χ1) is 11.8. The van der Waals surface area contributed by atoms with E-state index < -0.39 is 0 Å². The van der Waals surface area contributed by atoms with Crippen molar-refractivity contribution in [1.82, 2.24) is 0 Å². The van der Waals surface area contributed by atoms with Gasteiger partial charge < -0.3 is 16.0 Å². The van der Waals surface area contributed by atoms with Crippen molar-refractivity contribution in [3.8, 4) is 0 Å². The van der Waals surface area contributed by atoms with Gasteiger partial charge in [0.1, 0.15) is 0 Å². The Bertz CT molecular complexity index is 766. The molecule has 0 aliphatic rings. The molecular formula is C19H21N3O3. The average Bonchev–Trinajstić information content (AvgIpc) is 2.56. The topological polar surface area (TPSA) is 87.3 Å². The van der Waals surface area contributed by atoms with Gasteiger partial charge in [0.15, 0.2) is 0 Å². The van der Waals surface area contributed by atoms with Gasteiger partial charge in [0.2, 0.25) is 11.8 Å². The maximum Gasteiger partial charge on any atom is 0.255 e. The van der Waals surface area contributed by atoms with Crippen LogP contribution in [0.1, 0.15) is 31.1 Å². The largest absolute Gasteiger partial charge is 0.326 e. The molecule has 2 aromatic carbocycles. The molecule has 0 saturated heterocycles. The van der Waals surface area contributed by atoms with Gasteiger partial charge in [0, 0.05) is 35.5 Å². The molecule has 0 spiro atoms. The molecule has 0 unspecified atom stereocenters. The molecule has 0 fully saturated rings. The van der Waals surface area contributed by atoms with Crippen LogP contribution in [0, 0.1) is 5.92 Å². The summed E-state index contributed by atoms with van der Waals surface area (Å²) in [6, 6.07) is 13.5. The summed E-state index contributed by atoms with van der Waals surface area (Å²) in [6.07, 6.45) is 0. The highest BCUT2D eigenvalue weighted by Crippen LogP contribution is 2.16. The Kier molecular flexibility index (Phi) is 5.89. The fourth-order valence-corrected chi connectivity index (χ4v) is 2.03. The zero-order chi connectivity index (χ0) is 18.4. The number of hydrogen-bond donors (Lipinski definition) is 3. The molecule has 6 heteroatoms. The second-order valence-corrected chi connectivity index (χ2v) is 5.93. The van der Waals surface area contributed by atoms with Gasteiger partial charge in [-0.3, -0.25) is 14.4 Å². The lowest BCUT2D eigenvalue weighted by Crippen LogP contribution is -2.18. The Labute approximate surface area is 146 Å². The van der Waals surface area contributed by atoms with E-state index in [-0.39, 0.29) is 23.6 Å². The predicted molar refractivity (Wildman–Crippen MR) is 98.6 cm³/mol. The maximum atomic E-state index is 12.3. The number of hydrogen-bond acceptors (Lipinski definition) is 3. The summed E-state index contributed by atoms with van der Waals surface area (Å²) in [6.45, 7) is 5.06. The van der Waals surface area contributed by atoms with Crippen LogP contribution in [0.15, 0.2) is 48.5 Å². The van der Waals surface area contributed by atoms with Gasteiger partial charge in [0.25, 0.3) is 5.91 Å². The highest BCUT2D eigenvalue weighted by Gasteiger charge is 2.09. The first-order valence-corrected chi connectivity index (χ1v) is 7.95. The number of carbonyl (C=O) groups excluding carboxylic acids is 3. The van der Waals surface area contributed by atoms with E-state index in [4.69, 9.17) is 0 Å². The number of carbonyl (C=O) groups is 3. The molecule has 3 N–H and O–H groups in total. The summed E-state index contributed by atoms with van der Waals surface area (Å²) in [5, 5.41) is 8.21. The lowest BCUT2D eigenvalue weighted by Gasteiger charge is -2.09. The molecule has 0 radical (unpaired) electrons. The smallest absolute Gasteiger partial charge is 0.255 e. The van der Waals surface area contributed by atoms with Gasteiger partial charge in [0.05, 0.1) is 0 Å². The van der Waals surface area contributed by atoms with E-state index in [1.54, 1.807) is 48.5 Å². The van der Waals surface area contributed by atoms with Crippen molar-refractivity contribution < 1.29 is 14.4 Å². The Morgan fingerprint density at radius 3 is 1.64 bits per heavy atom. The summed E-state index contributed by atoms with van der Waals surface area (Å²) >= 11 is 0. The minimum atomic E-state index is -0.256. The van der Waals surface area contributed by atoms with Crippen LogP contribution in [0.25, 0.3) is 0 Å². The summed E-state index contributed by atoms with van der Waals surface area (Å²) in [5.41, 5.74) is 2.41. The standard InChI is InChI=1S/C19H21N3O3/c1-12(2)18(24)21-16-6-4-14(5-7-16)19(25)22-17-10-8-15(9-11-17)20-13(3)23/h4-12H,1-3H3,(H,20,23)(H,21,24)(H,22,25). The first-order valence-electron chi connectivity index (χ1n) is 7.95. The lowest BCUT2D eigenvalue weighted by molar-refractivity contribution is -0.119. The third kappa shape index (κ3) is 5.46. The second kappa shape index (κ2) is 8.10. The van der Waals surface area contributed by atoms with Gasteiger partial charge >= 0.3 is 0 Å². The molecule has 0 bridgehead atoms. The van der Waals surface area contributed by atoms with Crippen molar-refractivity contribution in [2.45, 2.75) is 20.8 Å². The van der Waals surface area contributed by atoms with E-state index in [0.717, 1.165) is 0 Å². The van der Waals surface area contributed by atoms with E-state index >= 15 is 0 Å². The van der Waals surface area contributed by atoms with Crippen LogP contribution in [0.5, 0.6) is 0 Å². The maximum absolute atomic E-state index is 12.3. The molecule has 0 saturated carbocycles. The Hall–Kier alpha value is -3.15. The summed E-state index contributed by atoms with van der Waals surface area (Å²) in [5.74, 6) is -0.588. The van der Waals surface area contributed by atoms with Crippen LogP contribution in [-0.4, -0.2) is 17.7 Å². The number of anilines is 3. The molecule has 0 aromatic heterocycles. The number of benzene rings is 2. The quantitative estimate of drug-likeness (QED) is 0.779. The van der Waals surface area contributed by atoms with Gasteiger partial charge in [-0.25, -0.2) is 0 Å². The highest BCUT2D eigenvalue weighted by atomic mass is 16.2. The highest BCUT2D eigenvalue weighted by molar-refractivity contribution is 6.04. The number of rotatable bonds is 5. The van der Waals surface area contributed by atoms with Gasteiger partial charge in [-0.2, -0.15) is 0 Å². The molecule has 0 aliphatic carbocycles. The predicted octanol–water partition coefficient (Wildman–Crippen LogP) is 3.49. The molecule has 0 heterocycles. The number of nitrogens with one attached hydrogen (secondary N) is 3. The zero-order valence-electron chi connectivity index (χ0n) is 14.4. The van der Waals surface area contributed by atoms with Crippen molar-refractivity contribution in [2.24, 2.45) is 5.92 Å². The lowest BCUT2D eigenvalue weighted by atomic mass is 10.1. The summed E-state index contributed by atoms with van der Waals surface area (Å²) in [4.78, 5) is 34.9. The molecule has 2 aromatic rings. The molecule has 25 heavy (non-hydrogen) atoms. The fourth-order valence-electron chi connectivity index (χ4n) is 2.03. The SMILES string of the molecule is CC(=O)Nc1ccc(NC(=O)c2ccc(NC(=O)C(C)C)cc2)cc1. The van der Waals surface area contributed by atoms with Crippen LogP contribution in [-0.2, 0) is 9.59 Å². The van der Waals surface area contributed by atoms with E-state index in [0.29, 0.717) is 22.6 Å². The van der Waals surface area contributed by atoms with Crippen LogP contribution in [0.4, 0.5) is 17.1 Å². The third-order valence-corrected chi connectivity index (χ3v) is 3.40. The molecule has 6 nitrogen and oxygen atoms in total. The molecule has 0 aliphatic heterocycles. The number of amides is 3. The average molecular weight is 339 g/mol. The van der Waals surface area contributed by atoms with Crippen molar-refractivity contribution in [3.05, 3.63) is 54.1 Å². The Morgan fingerprint density at radius 1 is 0.720 bits per heavy atom. The first kappa shape index (κ1) is 18.2. The summed E-state index contributed by atoms with van der Waals surface area (Å²) < 4.78 is 0. The van der Waals surface area contributed by atoms with E-state index in [1.165, 1.54) is 6.92 Å². The van der Waals surface area contributed by atoms with E-state index in [2.05, 4.69) is 16.0 Å². The van der Waals surface area contributed by atoms with Gasteiger partial charge in [-0.1, -0.05) is 13.8 Å². The molecule has 130 valence electrons. The summed E-state index contributed by atoms with van der Waals surface area (Å²) in [7, 11) is 0.